The van der Waals surface area contributed by atoms with Gasteiger partial charge in [0.2, 0.25) is 0 Å². The van der Waals surface area contributed by atoms with Gasteiger partial charge in [0.1, 0.15) is 5.69 Å². The predicted molar refractivity (Wildman–Crippen MR) is 56.9 cm³/mol. The van der Waals surface area contributed by atoms with Crippen LogP contribution in [0.2, 0.25) is 0 Å². The molecule has 0 saturated carbocycles. The summed E-state index contributed by atoms with van der Waals surface area (Å²) in [5.74, 6) is 0.120. The molecule has 0 radical (unpaired) electrons. The second-order valence-corrected chi connectivity index (χ2v) is 3.47. The highest BCUT2D eigenvalue weighted by atomic mass is 16.5. The van der Waals surface area contributed by atoms with Crippen LogP contribution in [0, 0.1) is 6.92 Å². The highest BCUT2D eigenvalue weighted by Gasteiger charge is 2.16. The summed E-state index contributed by atoms with van der Waals surface area (Å²) in [6.07, 6.45) is 3.49. The first-order valence-electron chi connectivity index (χ1n) is 4.75. The van der Waals surface area contributed by atoms with Gasteiger partial charge in [-0.05, 0) is 6.92 Å². The Hall–Kier alpha value is -2.11. The van der Waals surface area contributed by atoms with Crippen molar-refractivity contribution >= 4 is 5.97 Å². The minimum atomic E-state index is -0.448. The molecule has 2 heterocycles. The van der Waals surface area contributed by atoms with Crippen LogP contribution in [-0.4, -0.2) is 32.6 Å². The predicted octanol–water partition coefficient (Wildman–Crippen LogP) is 0.905. The Labute approximate surface area is 92.3 Å². The van der Waals surface area contributed by atoms with Crippen molar-refractivity contribution in [3.63, 3.8) is 0 Å². The van der Waals surface area contributed by atoms with E-state index in [1.165, 1.54) is 7.11 Å². The number of esters is 1. The molecule has 0 aliphatic heterocycles. The van der Waals surface area contributed by atoms with Crippen molar-refractivity contribution in [2.45, 2.75) is 6.92 Å². The smallest absolute Gasteiger partial charge is 0.358 e. The minimum absolute atomic E-state index is 0.295. The number of imidazole rings is 2. The first kappa shape index (κ1) is 10.4. The van der Waals surface area contributed by atoms with E-state index >= 15 is 0 Å². The minimum Gasteiger partial charge on any atom is -0.464 e. The molecule has 1 N–H and O–H groups in total. The molecular weight excluding hydrogens is 208 g/mol. The van der Waals surface area contributed by atoms with Crippen LogP contribution in [0.4, 0.5) is 0 Å². The topological polar surface area (TPSA) is 72.8 Å². The number of H-pyrrole nitrogens is 1. The van der Waals surface area contributed by atoms with Gasteiger partial charge < -0.3 is 14.3 Å². The number of hydrogen-bond donors (Lipinski definition) is 1. The number of carbonyl (C=O) groups excluding carboxylic acids is 1. The number of nitrogens with zero attached hydrogens (tertiary/aromatic N) is 3. The monoisotopic (exact) mass is 220 g/mol. The maximum atomic E-state index is 11.4. The van der Waals surface area contributed by atoms with Crippen LogP contribution in [0.3, 0.4) is 0 Å². The molecule has 0 aliphatic rings. The number of hydrogen-bond acceptors (Lipinski definition) is 4. The fourth-order valence-corrected chi connectivity index (χ4v) is 1.41. The number of aromatic amines is 1. The number of nitrogens with one attached hydrogen (secondary N) is 1. The molecule has 0 spiro atoms. The Kier molecular flexibility index (Phi) is 2.47. The van der Waals surface area contributed by atoms with E-state index in [1.54, 1.807) is 13.3 Å². The second kappa shape index (κ2) is 3.80. The summed E-state index contributed by atoms with van der Waals surface area (Å²) < 4.78 is 6.43. The lowest BCUT2D eigenvalue weighted by molar-refractivity contribution is 0.0594. The van der Waals surface area contributed by atoms with Crippen LogP contribution < -0.4 is 0 Å². The van der Waals surface area contributed by atoms with Gasteiger partial charge in [-0.25, -0.2) is 14.8 Å². The van der Waals surface area contributed by atoms with E-state index in [2.05, 4.69) is 19.7 Å². The zero-order chi connectivity index (χ0) is 11.7. The third-order valence-electron chi connectivity index (χ3n) is 2.21. The van der Waals surface area contributed by atoms with Gasteiger partial charge in [0.05, 0.1) is 13.4 Å². The SMILES string of the molecule is COC(=O)c1nc(-c2cn(C)cn2)[nH]c1C. The van der Waals surface area contributed by atoms with E-state index in [0.29, 0.717) is 22.9 Å². The molecule has 84 valence electrons. The number of aromatic nitrogens is 4. The molecule has 16 heavy (non-hydrogen) atoms. The lowest BCUT2D eigenvalue weighted by Gasteiger charge is -1.93. The normalized spacial score (nSPS) is 10.4. The summed E-state index contributed by atoms with van der Waals surface area (Å²) in [7, 11) is 3.20. The van der Waals surface area contributed by atoms with Crippen LogP contribution in [0.25, 0.3) is 11.5 Å². The van der Waals surface area contributed by atoms with Gasteiger partial charge in [-0.2, -0.15) is 0 Å². The number of rotatable bonds is 2. The van der Waals surface area contributed by atoms with Gasteiger partial charge in [0.15, 0.2) is 11.5 Å². The standard InChI is InChI=1S/C10H12N4O2/c1-6-8(10(15)16-3)13-9(12-6)7-4-14(2)5-11-7/h4-5H,1-3H3,(H,12,13). The van der Waals surface area contributed by atoms with E-state index in [9.17, 15) is 4.79 Å². The third kappa shape index (κ3) is 1.69. The lowest BCUT2D eigenvalue weighted by Crippen LogP contribution is -2.03. The zero-order valence-corrected chi connectivity index (χ0v) is 9.31. The van der Waals surface area contributed by atoms with E-state index in [-0.39, 0.29) is 0 Å². The summed E-state index contributed by atoms with van der Waals surface area (Å²) in [5.41, 5.74) is 1.66. The number of carbonyl (C=O) groups is 1. The first-order chi connectivity index (χ1) is 7.61. The molecule has 2 rings (SSSR count). The Morgan fingerprint density at radius 1 is 1.56 bits per heavy atom. The molecule has 0 atom stereocenters. The second-order valence-electron chi connectivity index (χ2n) is 3.47. The molecule has 0 aromatic carbocycles. The maximum absolute atomic E-state index is 11.4. The molecule has 0 saturated heterocycles. The van der Waals surface area contributed by atoms with Crippen molar-refractivity contribution in [1.29, 1.82) is 0 Å². The Balaban J connectivity index is 2.41. The Bertz CT molecular complexity index is 527. The van der Waals surface area contributed by atoms with Gasteiger partial charge in [-0.15, -0.1) is 0 Å². The number of aryl methyl sites for hydroxylation is 2. The van der Waals surface area contributed by atoms with Gasteiger partial charge in [-0.3, -0.25) is 0 Å². The maximum Gasteiger partial charge on any atom is 0.358 e. The quantitative estimate of drug-likeness (QED) is 0.763. The number of ether oxygens (including phenoxy) is 1. The Morgan fingerprint density at radius 3 is 2.88 bits per heavy atom. The molecule has 2 aromatic rings. The highest BCUT2D eigenvalue weighted by molar-refractivity contribution is 5.89. The molecule has 6 nitrogen and oxygen atoms in total. The molecule has 0 fully saturated rings. The summed E-state index contributed by atoms with van der Waals surface area (Å²) in [6, 6.07) is 0. The highest BCUT2D eigenvalue weighted by Crippen LogP contribution is 2.15. The van der Waals surface area contributed by atoms with Crippen LogP contribution >= 0.6 is 0 Å². The van der Waals surface area contributed by atoms with E-state index in [4.69, 9.17) is 0 Å². The van der Waals surface area contributed by atoms with Crippen molar-refractivity contribution < 1.29 is 9.53 Å². The fourth-order valence-electron chi connectivity index (χ4n) is 1.41. The Morgan fingerprint density at radius 2 is 2.31 bits per heavy atom. The number of methoxy groups -OCH3 is 1. The van der Waals surface area contributed by atoms with Crippen LogP contribution in [0.15, 0.2) is 12.5 Å². The first-order valence-corrected chi connectivity index (χ1v) is 4.75. The van der Waals surface area contributed by atoms with Crippen LogP contribution in [0.5, 0.6) is 0 Å². The molecular formula is C10H12N4O2. The van der Waals surface area contributed by atoms with Gasteiger partial charge in [0.25, 0.3) is 0 Å². The van der Waals surface area contributed by atoms with E-state index in [1.807, 2.05) is 17.8 Å². The van der Waals surface area contributed by atoms with Crippen molar-refractivity contribution in [3.05, 3.63) is 23.9 Å². The molecule has 0 amide bonds. The van der Waals surface area contributed by atoms with Gasteiger partial charge in [-0.1, -0.05) is 0 Å². The molecule has 6 heteroatoms. The molecule has 2 aromatic heterocycles. The average Bonchev–Trinajstić information content (AvgIpc) is 2.83. The van der Waals surface area contributed by atoms with Crippen LogP contribution in [-0.2, 0) is 11.8 Å². The lowest BCUT2D eigenvalue weighted by atomic mass is 10.3. The van der Waals surface area contributed by atoms with Crippen molar-refractivity contribution in [2.24, 2.45) is 7.05 Å². The molecule has 0 aliphatic carbocycles. The fraction of sp³-hybridized carbons (Fsp3) is 0.300. The van der Waals surface area contributed by atoms with E-state index in [0.717, 1.165) is 0 Å². The zero-order valence-electron chi connectivity index (χ0n) is 9.31. The summed E-state index contributed by atoms with van der Waals surface area (Å²) >= 11 is 0. The molecule has 0 bridgehead atoms. The third-order valence-corrected chi connectivity index (χ3v) is 2.21. The largest absolute Gasteiger partial charge is 0.464 e. The summed E-state index contributed by atoms with van der Waals surface area (Å²) in [5, 5.41) is 0. The van der Waals surface area contributed by atoms with Crippen LogP contribution in [0.1, 0.15) is 16.2 Å². The van der Waals surface area contributed by atoms with Gasteiger partial charge in [0, 0.05) is 18.9 Å². The average molecular weight is 220 g/mol. The summed E-state index contributed by atoms with van der Waals surface area (Å²) in [4.78, 5) is 22.7. The van der Waals surface area contributed by atoms with Crippen molar-refractivity contribution in [3.8, 4) is 11.5 Å². The van der Waals surface area contributed by atoms with Gasteiger partial charge >= 0.3 is 5.97 Å². The molecule has 0 unspecified atom stereocenters. The summed E-state index contributed by atoms with van der Waals surface area (Å²) in [6.45, 7) is 1.77. The van der Waals surface area contributed by atoms with Crippen molar-refractivity contribution in [1.82, 2.24) is 19.5 Å². The van der Waals surface area contributed by atoms with E-state index < -0.39 is 5.97 Å². The van der Waals surface area contributed by atoms with Crippen molar-refractivity contribution in [2.75, 3.05) is 7.11 Å².